The van der Waals surface area contributed by atoms with E-state index in [0.29, 0.717) is 19.4 Å². The van der Waals surface area contributed by atoms with Crippen LogP contribution in [-0.2, 0) is 14.3 Å². The van der Waals surface area contributed by atoms with E-state index < -0.39 is 17.9 Å². The quantitative estimate of drug-likeness (QED) is 0.619. The van der Waals surface area contributed by atoms with Crippen LogP contribution in [0.4, 0.5) is 0 Å². The van der Waals surface area contributed by atoms with Crippen molar-refractivity contribution in [2.75, 3.05) is 6.61 Å². The molecular formula is C10H16O5. The van der Waals surface area contributed by atoms with Crippen LogP contribution in [0.3, 0.4) is 0 Å². The molecule has 0 spiro atoms. The lowest BCUT2D eigenvalue weighted by Crippen LogP contribution is -2.26. The average Bonchev–Trinajstić information content (AvgIpc) is 2.87. The number of carboxylic acids is 2. The summed E-state index contributed by atoms with van der Waals surface area (Å²) >= 11 is 0. The number of carboxylic acid groups (broad SMARTS) is 2. The Morgan fingerprint density at radius 1 is 1.47 bits per heavy atom. The molecule has 0 aromatic rings. The molecule has 3 unspecified atom stereocenters. The van der Waals surface area contributed by atoms with E-state index in [1.807, 2.05) is 0 Å². The molecule has 0 aromatic heterocycles. The lowest BCUT2D eigenvalue weighted by Gasteiger charge is -2.20. The molecule has 86 valence electrons. The zero-order valence-corrected chi connectivity index (χ0v) is 8.68. The summed E-state index contributed by atoms with van der Waals surface area (Å²) in [6.45, 7) is 2.40. The fourth-order valence-corrected chi connectivity index (χ4v) is 1.87. The Hall–Kier alpha value is -1.10. The summed E-state index contributed by atoms with van der Waals surface area (Å²) in [4.78, 5) is 21.5. The Labute approximate surface area is 88.0 Å². The van der Waals surface area contributed by atoms with Gasteiger partial charge < -0.3 is 14.9 Å². The van der Waals surface area contributed by atoms with Crippen molar-refractivity contribution in [3.05, 3.63) is 0 Å². The molecule has 5 nitrogen and oxygen atoms in total. The van der Waals surface area contributed by atoms with E-state index in [9.17, 15) is 9.59 Å². The van der Waals surface area contributed by atoms with E-state index in [1.54, 1.807) is 6.92 Å². The summed E-state index contributed by atoms with van der Waals surface area (Å²) in [6.07, 6.45) is 0.977. The van der Waals surface area contributed by atoms with Crippen molar-refractivity contribution in [3.63, 3.8) is 0 Å². The van der Waals surface area contributed by atoms with Crippen LogP contribution in [0, 0.1) is 11.8 Å². The third kappa shape index (κ3) is 3.87. The largest absolute Gasteiger partial charge is 0.481 e. The first-order valence-corrected chi connectivity index (χ1v) is 5.10. The van der Waals surface area contributed by atoms with E-state index in [4.69, 9.17) is 14.9 Å². The first-order chi connectivity index (χ1) is 7.04. The fraction of sp³-hybridized carbons (Fsp3) is 0.800. The number of hydrogen-bond acceptors (Lipinski definition) is 3. The summed E-state index contributed by atoms with van der Waals surface area (Å²) < 4.78 is 5.01. The second-order valence-corrected chi connectivity index (χ2v) is 3.90. The molecule has 1 saturated heterocycles. The summed E-state index contributed by atoms with van der Waals surface area (Å²) in [5.74, 6) is -2.76. The molecule has 0 radical (unpaired) electrons. The Morgan fingerprint density at radius 3 is 2.40 bits per heavy atom. The van der Waals surface area contributed by atoms with Crippen LogP contribution in [0.5, 0.6) is 0 Å². The van der Waals surface area contributed by atoms with Gasteiger partial charge in [0.15, 0.2) is 0 Å². The second kappa shape index (κ2) is 5.11. The highest BCUT2D eigenvalue weighted by molar-refractivity contribution is 5.72. The van der Waals surface area contributed by atoms with Gasteiger partial charge in [0.25, 0.3) is 0 Å². The predicted octanol–water partition coefficient (Wildman–Crippen LogP) is 0.977. The maximum absolute atomic E-state index is 10.9. The van der Waals surface area contributed by atoms with E-state index in [0.717, 1.165) is 0 Å². The van der Waals surface area contributed by atoms with E-state index in [1.165, 1.54) is 0 Å². The van der Waals surface area contributed by atoms with Crippen molar-refractivity contribution in [1.82, 2.24) is 0 Å². The molecule has 1 aliphatic rings. The van der Waals surface area contributed by atoms with Crippen molar-refractivity contribution in [2.45, 2.75) is 32.3 Å². The van der Waals surface area contributed by atoms with Crippen molar-refractivity contribution < 1.29 is 24.5 Å². The SMILES string of the molecule is CCC(C(=O)O)C(CC(=O)O)CC1CO1. The Kier molecular flexibility index (Phi) is 4.08. The maximum Gasteiger partial charge on any atom is 0.306 e. The standard InChI is InChI=1S/C10H16O5/c1-2-8(10(13)14)6(4-9(11)12)3-7-5-15-7/h6-8H,2-5H2,1H3,(H,11,12)(H,13,14). The van der Waals surface area contributed by atoms with Gasteiger partial charge in [0, 0.05) is 6.42 Å². The van der Waals surface area contributed by atoms with Gasteiger partial charge in [-0.1, -0.05) is 6.92 Å². The monoisotopic (exact) mass is 216 g/mol. The molecule has 0 bridgehead atoms. The molecule has 3 atom stereocenters. The van der Waals surface area contributed by atoms with Crippen LogP contribution < -0.4 is 0 Å². The lowest BCUT2D eigenvalue weighted by atomic mass is 9.84. The highest BCUT2D eigenvalue weighted by atomic mass is 16.6. The molecule has 0 amide bonds. The molecular weight excluding hydrogens is 200 g/mol. The highest BCUT2D eigenvalue weighted by Crippen LogP contribution is 2.29. The van der Waals surface area contributed by atoms with Gasteiger partial charge in [-0.15, -0.1) is 0 Å². The van der Waals surface area contributed by atoms with E-state index in [2.05, 4.69) is 0 Å². The molecule has 0 saturated carbocycles. The molecule has 1 fully saturated rings. The molecule has 2 N–H and O–H groups in total. The molecule has 5 heteroatoms. The molecule has 1 aliphatic heterocycles. The van der Waals surface area contributed by atoms with Gasteiger partial charge in [0.1, 0.15) is 0 Å². The first-order valence-electron chi connectivity index (χ1n) is 5.10. The number of hydrogen-bond donors (Lipinski definition) is 2. The van der Waals surface area contributed by atoms with Crippen LogP contribution in [-0.4, -0.2) is 34.9 Å². The third-order valence-electron chi connectivity index (χ3n) is 2.73. The molecule has 0 aliphatic carbocycles. The Balaban J connectivity index is 2.58. The highest BCUT2D eigenvalue weighted by Gasteiger charge is 2.34. The third-order valence-corrected chi connectivity index (χ3v) is 2.73. The normalized spacial score (nSPS) is 23.1. The van der Waals surface area contributed by atoms with Gasteiger partial charge in [0.2, 0.25) is 0 Å². The van der Waals surface area contributed by atoms with Crippen LogP contribution in [0.15, 0.2) is 0 Å². The molecule has 15 heavy (non-hydrogen) atoms. The summed E-state index contributed by atoms with van der Waals surface area (Å²) in [5, 5.41) is 17.7. The van der Waals surface area contributed by atoms with Crippen LogP contribution in [0.25, 0.3) is 0 Å². The van der Waals surface area contributed by atoms with Crippen molar-refractivity contribution in [3.8, 4) is 0 Å². The lowest BCUT2D eigenvalue weighted by molar-refractivity contribution is -0.145. The van der Waals surface area contributed by atoms with Crippen LogP contribution >= 0.6 is 0 Å². The van der Waals surface area contributed by atoms with Crippen molar-refractivity contribution in [1.29, 1.82) is 0 Å². The summed E-state index contributed by atoms with van der Waals surface area (Å²) in [7, 11) is 0. The topological polar surface area (TPSA) is 87.1 Å². The fourth-order valence-electron chi connectivity index (χ4n) is 1.87. The van der Waals surface area contributed by atoms with Crippen molar-refractivity contribution in [2.24, 2.45) is 11.8 Å². The van der Waals surface area contributed by atoms with Gasteiger partial charge in [-0.05, 0) is 18.8 Å². The predicted molar refractivity (Wildman–Crippen MR) is 51.5 cm³/mol. The van der Waals surface area contributed by atoms with Gasteiger partial charge in [-0.2, -0.15) is 0 Å². The van der Waals surface area contributed by atoms with Gasteiger partial charge in [-0.25, -0.2) is 0 Å². The molecule has 1 rings (SSSR count). The maximum atomic E-state index is 10.9. The minimum absolute atomic E-state index is 0.0720. The number of aliphatic carboxylic acids is 2. The van der Waals surface area contributed by atoms with E-state index in [-0.39, 0.29) is 18.4 Å². The second-order valence-electron chi connectivity index (χ2n) is 3.90. The van der Waals surface area contributed by atoms with Gasteiger partial charge >= 0.3 is 11.9 Å². The molecule has 1 heterocycles. The smallest absolute Gasteiger partial charge is 0.306 e. The molecule has 0 aromatic carbocycles. The zero-order valence-electron chi connectivity index (χ0n) is 8.68. The number of epoxide rings is 1. The summed E-state index contributed by atoms with van der Waals surface area (Å²) in [6, 6.07) is 0. The minimum atomic E-state index is -0.944. The average molecular weight is 216 g/mol. The number of carbonyl (C=O) groups is 2. The minimum Gasteiger partial charge on any atom is -0.481 e. The Bertz CT molecular complexity index is 246. The van der Waals surface area contributed by atoms with Gasteiger partial charge in [0.05, 0.1) is 18.6 Å². The number of rotatable bonds is 7. The van der Waals surface area contributed by atoms with Gasteiger partial charge in [-0.3, -0.25) is 9.59 Å². The van der Waals surface area contributed by atoms with Crippen LogP contribution in [0.2, 0.25) is 0 Å². The Morgan fingerprint density at radius 2 is 2.07 bits per heavy atom. The number of ether oxygens (including phenoxy) is 1. The zero-order chi connectivity index (χ0) is 11.4. The summed E-state index contributed by atoms with van der Waals surface area (Å²) in [5.41, 5.74) is 0. The van der Waals surface area contributed by atoms with Crippen LogP contribution in [0.1, 0.15) is 26.2 Å². The van der Waals surface area contributed by atoms with Crippen molar-refractivity contribution >= 4 is 11.9 Å². The first kappa shape index (κ1) is 12.0. The van der Waals surface area contributed by atoms with E-state index >= 15 is 0 Å².